The lowest BCUT2D eigenvalue weighted by Gasteiger charge is -1.94. The maximum absolute atomic E-state index is 5.65. The Kier molecular flexibility index (Phi) is 3.26. The number of hydrogen-bond acceptors (Lipinski definition) is 8. The van der Waals surface area contributed by atoms with E-state index in [9.17, 15) is 0 Å². The third-order valence-electron chi connectivity index (χ3n) is 2.30. The van der Waals surface area contributed by atoms with Crippen molar-refractivity contribution in [1.29, 1.82) is 0 Å². The summed E-state index contributed by atoms with van der Waals surface area (Å²) >= 11 is 3.04. The number of hydrogen-bond donors (Lipinski definition) is 1. The van der Waals surface area contributed by atoms with E-state index >= 15 is 0 Å². The van der Waals surface area contributed by atoms with E-state index < -0.39 is 0 Å². The third kappa shape index (κ3) is 2.64. The molecule has 0 amide bonds. The first-order valence-corrected chi connectivity index (χ1v) is 7.24. The van der Waals surface area contributed by atoms with Crippen molar-refractivity contribution in [2.75, 3.05) is 5.73 Å². The van der Waals surface area contributed by atoms with Crippen LogP contribution in [0, 0.1) is 6.92 Å². The zero-order valence-corrected chi connectivity index (χ0v) is 11.6. The molecule has 0 bridgehead atoms. The van der Waals surface area contributed by atoms with Gasteiger partial charge in [0.15, 0.2) is 10.9 Å². The van der Waals surface area contributed by atoms with Gasteiger partial charge in [-0.3, -0.25) is 0 Å². The van der Waals surface area contributed by atoms with Crippen LogP contribution in [0.3, 0.4) is 0 Å². The lowest BCUT2D eigenvalue weighted by atomic mass is 10.5. The summed E-state index contributed by atoms with van der Waals surface area (Å²) in [5.74, 6) is 2.08. The molecule has 3 aromatic heterocycles. The summed E-state index contributed by atoms with van der Waals surface area (Å²) < 4.78 is 11.8. The molecular formula is C11H10N4O2S2. The van der Waals surface area contributed by atoms with Gasteiger partial charge in [-0.15, -0.1) is 22.0 Å². The molecule has 19 heavy (non-hydrogen) atoms. The zero-order chi connectivity index (χ0) is 13.2. The summed E-state index contributed by atoms with van der Waals surface area (Å²) in [6.07, 6.45) is 1.57. The van der Waals surface area contributed by atoms with Gasteiger partial charge in [-0.1, -0.05) is 11.3 Å². The topological polar surface area (TPSA) is 91.0 Å². The summed E-state index contributed by atoms with van der Waals surface area (Å²) in [4.78, 5) is 4.16. The minimum atomic E-state index is 0.390. The smallest absolute Gasteiger partial charge is 0.283 e. The zero-order valence-electron chi connectivity index (χ0n) is 9.99. The van der Waals surface area contributed by atoms with Gasteiger partial charge in [-0.25, -0.2) is 4.98 Å². The highest BCUT2D eigenvalue weighted by Crippen LogP contribution is 2.32. The first-order valence-electron chi connectivity index (χ1n) is 5.44. The van der Waals surface area contributed by atoms with E-state index in [4.69, 9.17) is 14.6 Å². The normalized spacial score (nSPS) is 11.0. The average molecular weight is 294 g/mol. The summed E-state index contributed by atoms with van der Waals surface area (Å²) in [7, 11) is 0. The molecule has 0 atom stereocenters. The first-order chi connectivity index (χ1) is 9.22. The van der Waals surface area contributed by atoms with Crippen molar-refractivity contribution < 1.29 is 8.83 Å². The van der Waals surface area contributed by atoms with Crippen molar-refractivity contribution in [1.82, 2.24) is 15.2 Å². The molecule has 0 aliphatic rings. The number of thioether (sulfide) groups is 1. The molecule has 8 heteroatoms. The van der Waals surface area contributed by atoms with Gasteiger partial charge in [0.2, 0.25) is 5.89 Å². The lowest BCUT2D eigenvalue weighted by Crippen LogP contribution is -1.81. The number of thiazole rings is 1. The Labute approximate surface area is 117 Å². The van der Waals surface area contributed by atoms with Crippen LogP contribution in [0.15, 0.2) is 31.4 Å². The highest BCUT2D eigenvalue weighted by molar-refractivity contribution is 8.00. The Bertz CT molecular complexity index is 675. The van der Waals surface area contributed by atoms with Crippen molar-refractivity contribution in [3.8, 4) is 11.7 Å². The fraction of sp³-hybridized carbons (Fsp3) is 0.182. The predicted octanol–water partition coefficient (Wildman–Crippen LogP) is 2.97. The molecule has 0 unspecified atom stereocenters. The second-order valence-electron chi connectivity index (χ2n) is 3.69. The van der Waals surface area contributed by atoms with E-state index in [0.29, 0.717) is 28.4 Å². The van der Waals surface area contributed by atoms with Crippen LogP contribution in [0.4, 0.5) is 5.13 Å². The van der Waals surface area contributed by atoms with Crippen molar-refractivity contribution in [3.05, 3.63) is 30.0 Å². The van der Waals surface area contributed by atoms with Gasteiger partial charge in [0.1, 0.15) is 0 Å². The Hall–Kier alpha value is -1.80. The van der Waals surface area contributed by atoms with Crippen LogP contribution in [0.25, 0.3) is 11.7 Å². The van der Waals surface area contributed by atoms with Gasteiger partial charge in [0, 0.05) is 0 Å². The number of furan rings is 1. The fourth-order valence-corrected chi connectivity index (χ4v) is 3.34. The molecule has 0 aliphatic heterocycles. The van der Waals surface area contributed by atoms with E-state index in [1.165, 1.54) is 11.3 Å². The van der Waals surface area contributed by atoms with Gasteiger partial charge >= 0.3 is 0 Å². The van der Waals surface area contributed by atoms with Crippen LogP contribution in [0.2, 0.25) is 0 Å². The van der Waals surface area contributed by atoms with E-state index in [1.807, 2.05) is 6.92 Å². The lowest BCUT2D eigenvalue weighted by molar-refractivity contribution is 0.494. The van der Waals surface area contributed by atoms with Crippen molar-refractivity contribution in [2.45, 2.75) is 16.9 Å². The predicted molar refractivity (Wildman–Crippen MR) is 72.8 cm³/mol. The van der Waals surface area contributed by atoms with Gasteiger partial charge in [0.05, 0.1) is 21.9 Å². The number of rotatable bonds is 4. The van der Waals surface area contributed by atoms with E-state index in [1.54, 1.807) is 30.2 Å². The Morgan fingerprint density at radius 3 is 3.00 bits per heavy atom. The molecule has 0 fully saturated rings. The number of nitrogens with two attached hydrogens (primary N) is 1. The van der Waals surface area contributed by atoms with Crippen LogP contribution in [0.5, 0.6) is 0 Å². The van der Waals surface area contributed by atoms with E-state index in [-0.39, 0.29) is 0 Å². The molecule has 0 aliphatic carbocycles. The Morgan fingerprint density at radius 1 is 1.42 bits per heavy atom. The number of nitrogens with zero attached hydrogens (tertiary/aromatic N) is 3. The molecular weight excluding hydrogens is 284 g/mol. The SMILES string of the molecule is Cc1nc(N)sc1SCc1nnc(-c2ccco2)o1. The maximum atomic E-state index is 5.65. The third-order valence-corrected chi connectivity index (χ3v) is 4.63. The van der Waals surface area contributed by atoms with Crippen LogP contribution in [-0.2, 0) is 5.75 Å². The average Bonchev–Trinajstić information content (AvgIpc) is 3.07. The second-order valence-corrected chi connectivity index (χ2v) is 5.97. The summed E-state index contributed by atoms with van der Waals surface area (Å²) in [6, 6.07) is 3.55. The van der Waals surface area contributed by atoms with Crippen molar-refractivity contribution >= 4 is 28.2 Å². The summed E-state index contributed by atoms with van der Waals surface area (Å²) in [6.45, 7) is 1.93. The highest BCUT2D eigenvalue weighted by atomic mass is 32.2. The molecule has 6 nitrogen and oxygen atoms in total. The Balaban J connectivity index is 1.69. The van der Waals surface area contributed by atoms with Gasteiger partial charge in [-0.05, 0) is 19.1 Å². The number of aromatic nitrogens is 3. The number of anilines is 1. The number of aryl methyl sites for hydroxylation is 1. The van der Waals surface area contributed by atoms with E-state index in [0.717, 1.165) is 9.90 Å². The van der Waals surface area contributed by atoms with Gasteiger partial charge in [-0.2, -0.15) is 0 Å². The molecule has 0 spiro atoms. The molecule has 2 N–H and O–H groups in total. The summed E-state index contributed by atoms with van der Waals surface area (Å²) in [5, 5.41) is 8.49. The molecule has 0 saturated heterocycles. The van der Waals surface area contributed by atoms with Crippen LogP contribution < -0.4 is 5.73 Å². The quantitative estimate of drug-likeness (QED) is 0.739. The molecule has 0 aromatic carbocycles. The highest BCUT2D eigenvalue weighted by Gasteiger charge is 2.12. The number of nitrogen functional groups attached to an aromatic ring is 1. The Morgan fingerprint density at radius 2 is 2.32 bits per heavy atom. The minimum absolute atomic E-state index is 0.390. The molecule has 98 valence electrons. The van der Waals surface area contributed by atoms with Crippen molar-refractivity contribution in [3.63, 3.8) is 0 Å². The molecule has 3 rings (SSSR count). The monoisotopic (exact) mass is 294 g/mol. The van der Waals surface area contributed by atoms with Gasteiger partial charge < -0.3 is 14.6 Å². The molecule has 3 heterocycles. The van der Waals surface area contributed by atoms with Crippen LogP contribution in [-0.4, -0.2) is 15.2 Å². The fourth-order valence-electron chi connectivity index (χ4n) is 1.48. The molecule has 0 radical (unpaired) electrons. The van der Waals surface area contributed by atoms with Crippen molar-refractivity contribution in [2.24, 2.45) is 0 Å². The molecule has 3 aromatic rings. The summed E-state index contributed by atoms with van der Waals surface area (Å²) in [5.41, 5.74) is 6.58. The standard InChI is InChI=1S/C11H10N4O2S2/c1-6-10(19-11(12)13-6)18-5-8-14-15-9(17-8)7-3-2-4-16-7/h2-4H,5H2,1H3,(H2,12,13). The second kappa shape index (κ2) is 5.06. The van der Waals surface area contributed by atoms with Crippen LogP contribution in [0.1, 0.15) is 11.6 Å². The largest absolute Gasteiger partial charge is 0.459 e. The maximum Gasteiger partial charge on any atom is 0.283 e. The van der Waals surface area contributed by atoms with E-state index in [2.05, 4.69) is 15.2 Å². The minimum Gasteiger partial charge on any atom is -0.459 e. The van der Waals surface area contributed by atoms with Crippen LogP contribution >= 0.6 is 23.1 Å². The van der Waals surface area contributed by atoms with Gasteiger partial charge in [0.25, 0.3) is 5.89 Å². The molecule has 0 saturated carbocycles. The first kappa shape index (κ1) is 12.2.